The fourth-order valence-corrected chi connectivity index (χ4v) is 0.708. The van der Waals surface area contributed by atoms with Crippen molar-refractivity contribution in [3.05, 3.63) is 16.3 Å². The van der Waals surface area contributed by atoms with Crippen LogP contribution >= 0.6 is 11.8 Å². The molecule has 0 saturated heterocycles. The van der Waals surface area contributed by atoms with Gasteiger partial charge < -0.3 is 0 Å². The lowest BCUT2D eigenvalue weighted by molar-refractivity contribution is 0.726. The molecule has 1 aromatic heterocycles. The molecule has 0 unspecified atom stereocenters. The predicted molar refractivity (Wildman–Crippen MR) is 33.5 cm³/mol. The highest BCUT2D eigenvalue weighted by molar-refractivity contribution is 6.15. The van der Waals surface area contributed by atoms with Crippen molar-refractivity contribution < 1.29 is 0 Å². The number of hydrogen-bond acceptors (Lipinski definition) is 2. The number of nitrogens with zero attached hydrogens (tertiary/aromatic N) is 3. The Morgan fingerprint density at radius 1 is 1.67 bits per heavy atom. The number of aryl methyl sites for hydroxylation is 2. The van der Waals surface area contributed by atoms with Crippen molar-refractivity contribution >= 4 is 11.8 Å². The third-order valence-corrected chi connectivity index (χ3v) is 1.41. The molecule has 1 heterocycles. The topological polar surface area (TPSA) is 39.8 Å². The Hall–Kier alpha value is -0.770. The van der Waals surface area contributed by atoms with Gasteiger partial charge in [-0.05, 0) is 6.92 Å². The first-order valence-corrected chi connectivity index (χ1v) is 2.75. The molecular weight excluding hydrogens is 142 g/mol. The lowest BCUT2D eigenvalue weighted by Gasteiger charge is -1.79. The van der Waals surface area contributed by atoms with Gasteiger partial charge in [0.2, 0.25) is 0 Å². The summed E-state index contributed by atoms with van der Waals surface area (Å²) < 4.78 is 2.16. The average Bonchev–Trinajstić information content (AvgIpc) is 1.98. The molecule has 0 aliphatic carbocycles. The minimum Gasteiger partial charge on any atom is -0.245 e. The van der Waals surface area contributed by atoms with Crippen LogP contribution in [0.3, 0.4) is 0 Å². The van der Waals surface area contributed by atoms with Gasteiger partial charge in [0, 0.05) is 18.8 Å². The van der Waals surface area contributed by atoms with Crippen LogP contribution in [-0.4, -0.2) is 13.9 Å². The monoisotopic (exact) mass is 147 g/mol. The van der Waals surface area contributed by atoms with Gasteiger partial charge in [0.25, 0.3) is 0 Å². The normalized spacial score (nSPS) is 10.1. The zero-order valence-corrected chi connectivity index (χ0v) is 5.88. The van der Waals surface area contributed by atoms with E-state index in [1.807, 2.05) is 0 Å². The zero-order valence-electron chi connectivity index (χ0n) is 5.13. The van der Waals surface area contributed by atoms with E-state index in [0.29, 0.717) is 5.82 Å². The van der Waals surface area contributed by atoms with Gasteiger partial charge in [0.05, 0.1) is 0 Å². The quantitative estimate of drug-likeness (QED) is 0.514. The maximum atomic E-state index is 10.7. The van der Waals surface area contributed by atoms with E-state index in [9.17, 15) is 4.79 Å². The summed E-state index contributed by atoms with van der Waals surface area (Å²) in [6, 6.07) is 0. The summed E-state index contributed by atoms with van der Waals surface area (Å²) in [5.74, 6) is 0.504. The van der Waals surface area contributed by atoms with E-state index >= 15 is 0 Å². The molecule has 0 aliphatic heterocycles. The number of rotatable bonds is 0. The summed E-state index contributed by atoms with van der Waals surface area (Å²) in [5, 5.41) is 3.75. The number of hydrogen-bond donors (Lipinski definition) is 0. The molecule has 0 aliphatic rings. The molecule has 0 saturated carbocycles. The average molecular weight is 148 g/mol. The highest BCUT2D eigenvalue weighted by Gasteiger charge is 2.01. The smallest absolute Gasteiger partial charge is 0.245 e. The molecule has 0 radical (unpaired) electrons. The molecule has 9 heavy (non-hydrogen) atoms. The van der Waals surface area contributed by atoms with Crippen molar-refractivity contribution in [2.75, 3.05) is 0 Å². The Kier molecular flexibility index (Phi) is 1.32. The van der Waals surface area contributed by atoms with Crippen molar-refractivity contribution in [2.24, 2.45) is 7.05 Å². The Labute approximate surface area is 56.8 Å². The van der Waals surface area contributed by atoms with Crippen LogP contribution < -0.4 is 5.69 Å². The maximum Gasteiger partial charge on any atom is 0.360 e. The van der Waals surface area contributed by atoms with Crippen molar-refractivity contribution in [1.82, 2.24) is 13.9 Å². The van der Waals surface area contributed by atoms with Gasteiger partial charge in [-0.1, -0.05) is 0 Å². The first kappa shape index (κ1) is 6.35. The second kappa shape index (κ2) is 1.88. The van der Waals surface area contributed by atoms with Crippen LogP contribution in [0.2, 0.25) is 0 Å². The molecule has 5 heteroatoms. The summed E-state index contributed by atoms with van der Waals surface area (Å²) in [7, 11) is 1.55. The maximum absolute atomic E-state index is 10.7. The summed E-state index contributed by atoms with van der Waals surface area (Å²) in [6.45, 7) is 1.66. The van der Waals surface area contributed by atoms with E-state index in [4.69, 9.17) is 11.8 Å². The Morgan fingerprint density at radius 3 is 2.33 bits per heavy atom. The van der Waals surface area contributed by atoms with Crippen LogP contribution in [0.1, 0.15) is 5.82 Å². The molecular formula is C4H6ClN3O. The Bertz CT molecular complexity index is 274. The number of aromatic nitrogens is 3. The lowest BCUT2D eigenvalue weighted by Crippen LogP contribution is -2.17. The molecule has 0 amide bonds. The lowest BCUT2D eigenvalue weighted by atomic mass is 10.8. The van der Waals surface area contributed by atoms with E-state index in [0.717, 1.165) is 4.09 Å². The minimum absolute atomic E-state index is 0.311. The molecule has 4 nitrogen and oxygen atoms in total. The summed E-state index contributed by atoms with van der Waals surface area (Å²) >= 11 is 5.42. The third-order valence-electron chi connectivity index (χ3n) is 1.02. The molecule has 0 spiro atoms. The largest absolute Gasteiger partial charge is 0.360 e. The van der Waals surface area contributed by atoms with Crippen molar-refractivity contribution in [3.63, 3.8) is 0 Å². The van der Waals surface area contributed by atoms with Crippen molar-refractivity contribution in [3.8, 4) is 0 Å². The predicted octanol–water partition coefficient (Wildman–Crippen LogP) is -0.108. The van der Waals surface area contributed by atoms with E-state index in [2.05, 4.69) is 5.10 Å². The third kappa shape index (κ3) is 0.853. The van der Waals surface area contributed by atoms with E-state index in [1.165, 1.54) is 4.68 Å². The molecule has 0 N–H and O–H groups in total. The second-order valence-corrected chi connectivity index (χ2v) is 2.07. The molecule has 1 aromatic rings. The minimum atomic E-state index is -0.311. The second-order valence-electron chi connectivity index (χ2n) is 1.73. The van der Waals surface area contributed by atoms with Crippen LogP contribution in [0.25, 0.3) is 0 Å². The summed E-state index contributed by atoms with van der Waals surface area (Å²) in [4.78, 5) is 10.7. The SMILES string of the molecule is Cc1nn(C)c(=O)n1Cl. The van der Waals surface area contributed by atoms with E-state index < -0.39 is 0 Å². The molecule has 1 rings (SSSR count). The van der Waals surface area contributed by atoms with Crippen LogP contribution in [-0.2, 0) is 7.05 Å². The van der Waals surface area contributed by atoms with Crippen LogP contribution in [0.4, 0.5) is 0 Å². The molecule has 0 atom stereocenters. The molecule has 0 fully saturated rings. The first-order valence-electron chi connectivity index (χ1n) is 2.41. The van der Waals surface area contributed by atoms with Gasteiger partial charge in [-0.3, -0.25) is 0 Å². The fraction of sp³-hybridized carbons (Fsp3) is 0.500. The summed E-state index contributed by atoms with van der Waals surface area (Å²) in [5.41, 5.74) is -0.311. The zero-order chi connectivity index (χ0) is 7.02. The highest BCUT2D eigenvalue weighted by Crippen LogP contribution is 1.88. The van der Waals surface area contributed by atoms with E-state index in [-0.39, 0.29) is 5.69 Å². The molecule has 0 bridgehead atoms. The van der Waals surface area contributed by atoms with Gasteiger partial charge in [-0.2, -0.15) is 9.18 Å². The van der Waals surface area contributed by atoms with Crippen molar-refractivity contribution in [2.45, 2.75) is 6.92 Å². The Balaban J connectivity index is 3.48. The van der Waals surface area contributed by atoms with Crippen LogP contribution in [0.5, 0.6) is 0 Å². The Morgan fingerprint density at radius 2 is 2.22 bits per heavy atom. The van der Waals surface area contributed by atoms with Crippen LogP contribution in [0.15, 0.2) is 4.79 Å². The van der Waals surface area contributed by atoms with Gasteiger partial charge in [0.15, 0.2) is 0 Å². The van der Waals surface area contributed by atoms with Crippen molar-refractivity contribution in [1.29, 1.82) is 0 Å². The van der Waals surface area contributed by atoms with Gasteiger partial charge in [-0.25, -0.2) is 9.48 Å². The van der Waals surface area contributed by atoms with Crippen LogP contribution in [0, 0.1) is 6.92 Å². The van der Waals surface area contributed by atoms with Gasteiger partial charge in [0.1, 0.15) is 5.82 Å². The highest BCUT2D eigenvalue weighted by atomic mass is 35.5. The summed E-state index contributed by atoms with van der Waals surface area (Å²) in [6.07, 6.45) is 0. The van der Waals surface area contributed by atoms with Gasteiger partial charge >= 0.3 is 5.69 Å². The van der Waals surface area contributed by atoms with E-state index in [1.54, 1.807) is 14.0 Å². The first-order chi connectivity index (χ1) is 4.13. The molecule has 0 aromatic carbocycles. The number of halogens is 1. The fourth-order valence-electron chi connectivity index (χ4n) is 0.565. The standard InChI is InChI=1S/C4H6ClN3O/c1-3-6-7(2)4(9)8(3)5/h1-2H3. The van der Waals surface area contributed by atoms with Gasteiger partial charge in [-0.15, -0.1) is 0 Å². The molecule has 50 valence electrons.